The predicted molar refractivity (Wildman–Crippen MR) is 118 cm³/mol. The van der Waals surface area contributed by atoms with Gasteiger partial charge >= 0.3 is 0 Å². The third-order valence-corrected chi connectivity index (χ3v) is 5.41. The first kappa shape index (κ1) is 19.8. The lowest BCUT2D eigenvalue weighted by molar-refractivity contribution is 0.0721. The van der Waals surface area contributed by atoms with Crippen molar-refractivity contribution in [2.24, 2.45) is 0 Å². The van der Waals surface area contributed by atoms with Crippen LogP contribution in [0.25, 0.3) is 10.9 Å². The van der Waals surface area contributed by atoms with Gasteiger partial charge in [0.1, 0.15) is 10.9 Å². The number of aromatic nitrogens is 3. The van der Waals surface area contributed by atoms with E-state index in [2.05, 4.69) is 15.0 Å². The molecule has 0 bridgehead atoms. The maximum atomic E-state index is 13.4. The fourth-order valence-corrected chi connectivity index (χ4v) is 3.82. The summed E-state index contributed by atoms with van der Waals surface area (Å²) >= 11 is 1.43. The molecule has 0 spiro atoms. The minimum atomic E-state index is -0.214. The fraction of sp³-hybridized carbons (Fsp3) is 0.130. The first-order valence-electron chi connectivity index (χ1n) is 9.46. The van der Waals surface area contributed by atoms with Crippen LogP contribution in [-0.2, 0) is 13.1 Å². The third kappa shape index (κ3) is 4.26. The summed E-state index contributed by atoms with van der Waals surface area (Å²) in [7, 11) is 0. The van der Waals surface area contributed by atoms with Crippen LogP contribution < -0.4 is 5.56 Å². The Labute approximate surface area is 178 Å². The largest absolute Gasteiger partial charge is 0.327 e. The molecule has 2 aromatic heterocycles. The molecular weight excluding hydrogens is 396 g/mol. The van der Waals surface area contributed by atoms with Gasteiger partial charge < -0.3 is 9.88 Å². The van der Waals surface area contributed by atoms with E-state index in [-0.39, 0.29) is 18.0 Å². The second-order valence-electron chi connectivity index (χ2n) is 6.74. The summed E-state index contributed by atoms with van der Waals surface area (Å²) < 4.78 is 0. The summed E-state index contributed by atoms with van der Waals surface area (Å²) in [6.45, 7) is 0.565. The van der Waals surface area contributed by atoms with Gasteiger partial charge in [-0.15, -0.1) is 11.8 Å². The van der Waals surface area contributed by atoms with Crippen molar-refractivity contribution in [3.05, 3.63) is 100 Å². The summed E-state index contributed by atoms with van der Waals surface area (Å²) in [5.41, 5.74) is 1.91. The van der Waals surface area contributed by atoms with Crippen molar-refractivity contribution < 1.29 is 4.79 Å². The van der Waals surface area contributed by atoms with Gasteiger partial charge in [0.2, 0.25) is 0 Å². The molecule has 0 radical (unpaired) electrons. The monoisotopic (exact) mass is 416 g/mol. The van der Waals surface area contributed by atoms with Gasteiger partial charge in [0.25, 0.3) is 11.5 Å². The maximum absolute atomic E-state index is 13.4. The number of fused-ring (bicyclic) bond motifs is 1. The zero-order valence-electron chi connectivity index (χ0n) is 16.4. The summed E-state index contributed by atoms with van der Waals surface area (Å²) in [5.74, 6) is 0.282. The zero-order valence-corrected chi connectivity index (χ0v) is 17.2. The highest BCUT2D eigenvalue weighted by Gasteiger charge is 2.21. The number of para-hydroxylation sites is 1. The summed E-state index contributed by atoms with van der Waals surface area (Å²) in [6, 6.07) is 20.4. The Balaban J connectivity index is 1.72. The SMILES string of the molecule is CSc1ncccc1C(=O)N(Cc1ccccc1)Cc1nc2ccccc2c(=O)[nH]1. The fourth-order valence-electron chi connectivity index (χ4n) is 3.28. The number of nitrogens with one attached hydrogen (secondary N) is 1. The van der Waals surface area contributed by atoms with E-state index in [0.29, 0.717) is 33.9 Å². The molecule has 30 heavy (non-hydrogen) atoms. The topological polar surface area (TPSA) is 79.0 Å². The van der Waals surface area contributed by atoms with Crippen LogP contribution in [0, 0.1) is 0 Å². The van der Waals surface area contributed by atoms with Crippen LogP contribution in [0.15, 0.2) is 82.7 Å². The number of thioether (sulfide) groups is 1. The normalized spacial score (nSPS) is 10.8. The quantitative estimate of drug-likeness (QED) is 0.483. The van der Waals surface area contributed by atoms with E-state index in [9.17, 15) is 9.59 Å². The molecule has 1 amide bonds. The molecule has 2 aromatic carbocycles. The van der Waals surface area contributed by atoms with Crippen molar-refractivity contribution in [1.29, 1.82) is 0 Å². The molecule has 6 nitrogen and oxygen atoms in total. The highest BCUT2D eigenvalue weighted by Crippen LogP contribution is 2.21. The number of nitrogens with zero attached hydrogens (tertiary/aromatic N) is 3. The van der Waals surface area contributed by atoms with Crippen molar-refractivity contribution in [2.45, 2.75) is 18.1 Å². The average Bonchev–Trinajstić information content (AvgIpc) is 2.79. The van der Waals surface area contributed by atoms with E-state index in [1.54, 1.807) is 41.4 Å². The highest BCUT2D eigenvalue weighted by molar-refractivity contribution is 7.98. The van der Waals surface area contributed by atoms with Crippen LogP contribution in [0.3, 0.4) is 0 Å². The first-order chi connectivity index (χ1) is 14.7. The molecule has 4 aromatic rings. The van der Waals surface area contributed by atoms with E-state index in [1.807, 2.05) is 42.7 Å². The molecule has 0 aliphatic carbocycles. The number of carbonyl (C=O) groups is 1. The number of hydrogen-bond donors (Lipinski definition) is 1. The number of H-pyrrole nitrogens is 1. The molecule has 0 saturated heterocycles. The molecule has 1 N–H and O–H groups in total. The van der Waals surface area contributed by atoms with E-state index < -0.39 is 0 Å². The van der Waals surface area contributed by atoms with Gasteiger partial charge in [0.05, 0.1) is 23.0 Å². The smallest absolute Gasteiger partial charge is 0.258 e. The van der Waals surface area contributed by atoms with E-state index in [1.165, 1.54) is 11.8 Å². The Kier molecular flexibility index (Phi) is 5.90. The lowest BCUT2D eigenvalue weighted by atomic mass is 10.2. The third-order valence-electron chi connectivity index (χ3n) is 4.70. The first-order valence-corrected chi connectivity index (χ1v) is 10.7. The molecule has 2 heterocycles. The average molecular weight is 417 g/mol. The van der Waals surface area contributed by atoms with Gasteiger partial charge in [-0.2, -0.15) is 0 Å². The van der Waals surface area contributed by atoms with Crippen molar-refractivity contribution in [3.63, 3.8) is 0 Å². The second-order valence-corrected chi connectivity index (χ2v) is 7.53. The van der Waals surface area contributed by atoms with Crippen LogP contribution in [0.2, 0.25) is 0 Å². The molecule has 7 heteroatoms. The Morgan fingerprint density at radius 1 is 1.00 bits per heavy atom. The van der Waals surface area contributed by atoms with Gasteiger partial charge in [0, 0.05) is 12.7 Å². The van der Waals surface area contributed by atoms with Crippen molar-refractivity contribution in [3.8, 4) is 0 Å². The lowest BCUT2D eigenvalue weighted by Gasteiger charge is -2.23. The van der Waals surface area contributed by atoms with E-state index in [0.717, 1.165) is 5.56 Å². The standard InChI is InChI=1S/C23H20N4O2S/c1-30-22-18(11-7-13-24-22)23(29)27(14-16-8-3-2-4-9-16)15-20-25-19-12-6-5-10-17(19)21(28)26-20/h2-13H,14-15H2,1H3,(H,25,26,28). The minimum absolute atomic E-state index is 0.160. The summed E-state index contributed by atoms with van der Waals surface area (Å²) in [5, 5.41) is 1.19. The van der Waals surface area contributed by atoms with Gasteiger partial charge in [-0.3, -0.25) is 9.59 Å². The van der Waals surface area contributed by atoms with Gasteiger partial charge in [-0.25, -0.2) is 9.97 Å². The molecular formula is C23H20N4O2S. The number of amides is 1. The number of rotatable bonds is 6. The Morgan fingerprint density at radius 3 is 2.57 bits per heavy atom. The molecule has 0 saturated carbocycles. The summed E-state index contributed by atoms with van der Waals surface area (Å²) in [4.78, 5) is 39.3. The van der Waals surface area contributed by atoms with Crippen LogP contribution in [0.4, 0.5) is 0 Å². The van der Waals surface area contributed by atoms with Crippen LogP contribution in [0.1, 0.15) is 21.7 Å². The molecule has 0 fully saturated rings. The Morgan fingerprint density at radius 2 is 1.77 bits per heavy atom. The molecule has 0 aliphatic rings. The number of carbonyl (C=O) groups excluding carboxylic acids is 1. The highest BCUT2D eigenvalue weighted by atomic mass is 32.2. The molecule has 4 rings (SSSR count). The van der Waals surface area contributed by atoms with Gasteiger partial charge in [0.15, 0.2) is 0 Å². The van der Waals surface area contributed by atoms with Gasteiger partial charge in [-0.1, -0.05) is 42.5 Å². The number of aromatic amines is 1. The second kappa shape index (κ2) is 8.92. The van der Waals surface area contributed by atoms with Crippen LogP contribution in [-0.4, -0.2) is 32.0 Å². The Bertz CT molecular complexity index is 1240. The van der Waals surface area contributed by atoms with Crippen molar-refractivity contribution in [2.75, 3.05) is 6.26 Å². The Hall–Kier alpha value is -3.45. The number of benzene rings is 2. The molecule has 150 valence electrons. The van der Waals surface area contributed by atoms with Gasteiger partial charge in [-0.05, 0) is 36.1 Å². The number of pyridine rings is 1. The van der Waals surface area contributed by atoms with Crippen LogP contribution in [0.5, 0.6) is 0 Å². The van der Waals surface area contributed by atoms with E-state index in [4.69, 9.17) is 0 Å². The van der Waals surface area contributed by atoms with Crippen molar-refractivity contribution >= 4 is 28.6 Å². The lowest BCUT2D eigenvalue weighted by Crippen LogP contribution is -2.32. The number of hydrogen-bond acceptors (Lipinski definition) is 5. The predicted octanol–water partition coefficient (Wildman–Crippen LogP) is 3.88. The minimum Gasteiger partial charge on any atom is -0.327 e. The molecule has 0 unspecified atom stereocenters. The maximum Gasteiger partial charge on any atom is 0.258 e. The van der Waals surface area contributed by atoms with E-state index >= 15 is 0 Å². The summed E-state index contributed by atoms with van der Waals surface area (Å²) in [6.07, 6.45) is 3.57. The molecule has 0 atom stereocenters. The van der Waals surface area contributed by atoms with Crippen molar-refractivity contribution in [1.82, 2.24) is 19.9 Å². The van der Waals surface area contributed by atoms with Crippen LogP contribution >= 0.6 is 11.8 Å². The zero-order chi connectivity index (χ0) is 20.9. The molecule has 0 aliphatic heterocycles.